The van der Waals surface area contributed by atoms with E-state index < -0.39 is 0 Å². The van der Waals surface area contributed by atoms with E-state index in [-0.39, 0.29) is 0 Å². The molecule has 1 aromatic heterocycles. The first-order valence-corrected chi connectivity index (χ1v) is 8.16. The summed E-state index contributed by atoms with van der Waals surface area (Å²) in [5.74, 6) is 1.82. The number of ether oxygens (including phenoxy) is 2. The van der Waals surface area contributed by atoms with Crippen molar-refractivity contribution in [1.82, 2.24) is 9.78 Å². The minimum absolute atomic E-state index is 0.433. The highest BCUT2D eigenvalue weighted by molar-refractivity contribution is 9.10. The molecule has 6 heteroatoms. The molecule has 0 bridgehead atoms. The van der Waals surface area contributed by atoms with Crippen molar-refractivity contribution in [2.45, 2.75) is 32.9 Å². The van der Waals surface area contributed by atoms with Gasteiger partial charge in [0.15, 0.2) is 11.5 Å². The molecule has 0 fully saturated rings. The minimum atomic E-state index is 0.433. The number of aromatic nitrogens is 2. The Morgan fingerprint density at radius 3 is 2.67 bits per heavy atom. The van der Waals surface area contributed by atoms with E-state index in [1.54, 1.807) is 0 Å². The Kier molecular flexibility index (Phi) is 5.94. The van der Waals surface area contributed by atoms with Crippen LogP contribution in [0.15, 0.2) is 29.0 Å². The zero-order valence-corrected chi connectivity index (χ0v) is 14.4. The first kappa shape index (κ1) is 16.2. The SMILES string of the molecule is CCOc1cc(CCl)cc(Br)c1OCc1cnn(CC)c1. The summed E-state index contributed by atoms with van der Waals surface area (Å²) in [6.45, 7) is 5.85. The molecule has 114 valence electrons. The van der Waals surface area contributed by atoms with Gasteiger partial charge in [-0.3, -0.25) is 4.68 Å². The lowest BCUT2D eigenvalue weighted by Crippen LogP contribution is -2.01. The molecule has 1 heterocycles. The van der Waals surface area contributed by atoms with Gasteiger partial charge in [0.1, 0.15) is 6.61 Å². The average molecular weight is 374 g/mol. The van der Waals surface area contributed by atoms with Crippen molar-refractivity contribution in [3.8, 4) is 11.5 Å². The Hall–Kier alpha value is -1.20. The van der Waals surface area contributed by atoms with Crippen LogP contribution in [-0.4, -0.2) is 16.4 Å². The van der Waals surface area contributed by atoms with Crippen LogP contribution in [-0.2, 0) is 19.0 Å². The molecule has 2 rings (SSSR count). The van der Waals surface area contributed by atoms with Gasteiger partial charge in [-0.05, 0) is 47.5 Å². The fraction of sp³-hybridized carbons (Fsp3) is 0.400. The van der Waals surface area contributed by atoms with E-state index in [0.717, 1.165) is 22.1 Å². The Bertz CT molecular complexity index is 601. The standard InChI is InChI=1S/C15H18BrClN2O2/c1-3-19-9-12(8-18-19)10-21-15-13(16)5-11(7-17)6-14(15)20-4-2/h5-6,8-9H,3-4,7,10H2,1-2H3. The van der Waals surface area contributed by atoms with Crippen molar-refractivity contribution in [3.05, 3.63) is 40.1 Å². The third kappa shape index (κ3) is 4.14. The van der Waals surface area contributed by atoms with E-state index in [4.69, 9.17) is 21.1 Å². The molecule has 0 radical (unpaired) electrons. The molecule has 0 amide bonds. The van der Waals surface area contributed by atoms with Crippen molar-refractivity contribution >= 4 is 27.5 Å². The summed E-state index contributed by atoms with van der Waals surface area (Å²) in [6, 6.07) is 3.85. The van der Waals surface area contributed by atoms with Crippen molar-refractivity contribution in [3.63, 3.8) is 0 Å². The molecule has 0 saturated carbocycles. The smallest absolute Gasteiger partial charge is 0.175 e. The molecule has 0 aliphatic carbocycles. The Balaban J connectivity index is 2.17. The second-order valence-corrected chi connectivity index (χ2v) is 5.59. The van der Waals surface area contributed by atoms with Crippen molar-refractivity contribution in [1.29, 1.82) is 0 Å². The third-order valence-corrected chi connectivity index (χ3v) is 3.81. The van der Waals surface area contributed by atoms with Gasteiger partial charge in [-0.25, -0.2) is 0 Å². The van der Waals surface area contributed by atoms with Gasteiger partial charge in [0, 0.05) is 24.2 Å². The number of hydrogen-bond acceptors (Lipinski definition) is 3. The van der Waals surface area contributed by atoms with Gasteiger partial charge in [-0.1, -0.05) is 0 Å². The number of halogens is 2. The number of alkyl halides is 1. The van der Waals surface area contributed by atoms with Crippen LogP contribution in [0.2, 0.25) is 0 Å². The summed E-state index contributed by atoms with van der Waals surface area (Å²) >= 11 is 9.40. The fourth-order valence-corrected chi connectivity index (χ4v) is 2.67. The summed E-state index contributed by atoms with van der Waals surface area (Å²) in [5, 5.41) is 4.23. The van der Waals surface area contributed by atoms with Crippen molar-refractivity contribution in [2.75, 3.05) is 6.61 Å². The van der Waals surface area contributed by atoms with Crippen LogP contribution in [0.4, 0.5) is 0 Å². The molecule has 0 saturated heterocycles. The average Bonchev–Trinajstić information content (AvgIpc) is 2.94. The van der Waals surface area contributed by atoms with E-state index in [9.17, 15) is 0 Å². The second kappa shape index (κ2) is 7.71. The number of nitrogens with zero attached hydrogens (tertiary/aromatic N) is 2. The summed E-state index contributed by atoms with van der Waals surface area (Å²) in [6.07, 6.45) is 3.78. The van der Waals surface area contributed by atoms with E-state index in [1.165, 1.54) is 0 Å². The second-order valence-electron chi connectivity index (χ2n) is 4.46. The number of aryl methyl sites for hydroxylation is 1. The molecular weight excluding hydrogens is 356 g/mol. The zero-order valence-electron chi connectivity index (χ0n) is 12.1. The summed E-state index contributed by atoms with van der Waals surface area (Å²) in [5.41, 5.74) is 2.01. The molecule has 0 aliphatic rings. The maximum atomic E-state index is 5.90. The molecule has 0 spiro atoms. The van der Waals surface area contributed by atoms with Gasteiger partial charge in [0.2, 0.25) is 0 Å². The van der Waals surface area contributed by atoms with Crippen LogP contribution in [0.5, 0.6) is 11.5 Å². The van der Waals surface area contributed by atoms with E-state index in [1.807, 2.05) is 43.1 Å². The van der Waals surface area contributed by atoms with Crippen LogP contribution < -0.4 is 9.47 Å². The van der Waals surface area contributed by atoms with E-state index in [0.29, 0.717) is 30.6 Å². The molecule has 21 heavy (non-hydrogen) atoms. The van der Waals surface area contributed by atoms with Crippen LogP contribution in [0.25, 0.3) is 0 Å². The highest BCUT2D eigenvalue weighted by atomic mass is 79.9. The molecule has 1 aromatic carbocycles. The number of benzene rings is 1. The molecule has 0 N–H and O–H groups in total. The van der Waals surface area contributed by atoms with Gasteiger partial charge in [-0.15, -0.1) is 11.6 Å². The number of hydrogen-bond donors (Lipinski definition) is 0. The highest BCUT2D eigenvalue weighted by Gasteiger charge is 2.12. The molecule has 0 atom stereocenters. The first-order valence-electron chi connectivity index (χ1n) is 6.83. The molecule has 0 unspecified atom stereocenters. The predicted octanol–water partition coefficient (Wildman–Crippen LogP) is 4.38. The van der Waals surface area contributed by atoms with Crippen LogP contribution in [0.3, 0.4) is 0 Å². The van der Waals surface area contributed by atoms with Crippen LogP contribution in [0, 0.1) is 0 Å². The molecule has 4 nitrogen and oxygen atoms in total. The van der Waals surface area contributed by atoms with E-state index in [2.05, 4.69) is 21.0 Å². The predicted molar refractivity (Wildman–Crippen MR) is 87.1 cm³/mol. The van der Waals surface area contributed by atoms with E-state index >= 15 is 0 Å². The fourth-order valence-electron chi connectivity index (χ4n) is 1.91. The lowest BCUT2D eigenvalue weighted by molar-refractivity contribution is 0.267. The maximum absolute atomic E-state index is 5.90. The summed E-state index contributed by atoms with van der Waals surface area (Å²) in [4.78, 5) is 0. The van der Waals surface area contributed by atoms with Gasteiger partial charge in [0.25, 0.3) is 0 Å². The lowest BCUT2D eigenvalue weighted by Gasteiger charge is -2.14. The summed E-state index contributed by atoms with van der Waals surface area (Å²) < 4.78 is 14.2. The van der Waals surface area contributed by atoms with Gasteiger partial charge in [0.05, 0.1) is 17.3 Å². The normalized spacial score (nSPS) is 10.7. The molecule has 0 aliphatic heterocycles. The highest BCUT2D eigenvalue weighted by Crippen LogP contribution is 2.37. The largest absolute Gasteiger partial charge is 0.490 e. The number of rotatable bonds is 7. The lowest BCUT2D eigenvalue weighted by atomic mass is 10.2. The molecular formula is C15H18BrClN2O2. The Morgan fingerprint density at radius 1 is 1.24 bits per heavy atom. The Labute approximate surface area is 138 Å². The molecule has 2 aromatic rings. The minimum Gasteiger partial charge on any atom is -0.490 e. The monoisotopic (exact) mass is 372 g/mol. The topological polar surface area (TPSA) is 36.3 Å². The first-order chi connectivity index (χ1) is 10.2. The zero-order chi connectivity index (χ0) is 15.2. The Morgan fingerprint density at radius 2 is 2.05 bits per heavy atom. The third-order valence-electron chi connectivity index (χ3n) is 2.92. The van der Waals surface area contributed by atoms with Crippen molar-refractivity contribution in [2.24, 2.45) is 0 Å². The van der Waals surface area contributed by atoms with Crippen molar-refractivity contribution < 1.29 is 9.47 Å². The summed E-state index contributed by atoms with van der Waals surface area (Å²) in [7, 11) is 0. The van der Waals surface area contributed by atoms with Crippen LogP contribution >= 0.6 is 27.5 Å². The quantitative estimate of drug-likeness (QED) is 0.676. The van der Waals surface area contributed by atoms with Gasteiger partial charge < -0.3 is 9.47 Å². The maximum Gasteiger partial charge on any atom is 0.175 e. The van der Waals surface area contributed by atoms with Crippen LogP contribution in [0.1, 0.15) is 25.0 Å². The van der Waals surface area contributed by atoms with Gasteiger partial charge in [-0.2, -0.15) is 5.10 Å². The van der Waals surface area contributed by atoms with Gasteiger partial charge >= 0.3 is 0 Å².